The first-order valence-electron chi connectivity index (χ1n) is 8.07. The van der Waals surface area contributed by atoms with E-state index < -0.39 is 0 Å². The predicted octanol–water partition coefficient (Wildman–Crippen LogP) is 3.52. The van der Waals surface area contributed by atoms with Gasteiger partial charge in [-0.05, 0) is 77.0 Å². The maximum Gasteiger partial charge on any atom is 0.00619 e. The fraction of sp³-hybridized carbons (Fsp3) is 1.00. The van der Waals surface area contributed by atoms with E-state index in [1.807, 2.05) is 0 Å². The topological polar surface area (TPSA) is 15.3 Å². The van der Waals surface area contributed by atoms with Crippen LogP contribution in [0, 0.1) is 11.8 Å². The number of hydrogen-bond acceptors (Lipinski definition) is 2. The minimum atomic E-state index is 0.723. The lowest BCUT2D eigenvalue weighted by molar-refractivity contribution is 0.262. The second kappa shape index (κ2) is 8.92. The fourth-order valence-electron chi connectivity index (χ4n) is 3.19. The molecule has 18 heavy (non-hydrogen) atoms. The minimum absolute atomic E-state index is 0.723. The summed E-state index contributed by atoms with van der Waals surface area (Å²) in [6.45, 7) is 11.0. The normalized spacial score (nSPS) is 24.2. The van der Waals surface area contributed by atoms with Gasteiger partial charge in [0.2, 0.25) is 0 Å². The first-order chi connectivity index (χ1) is 8.67. The number of hydrogen-bond donors (Lipinski definition) is 1. The molecular weight excluding hydrogens is 220 g/mol. The highest BCUT2D eigenvalue weighted by Crippen LogP contribution is 2.24. The van der Waals surface area contributed by atoms with Crippen molar-refractivity contribution in [1.29, 1.82) is 0 Å². The maximum atomic E-state index is 3.41. The molecule has 0 aromatic rings. The van der Waals surface area contributed by atoms with Crippen molar-refractivity contribution in [1.82, 2.24) is 10.2 Å². The Morgan fingerprint density at radius 1 is 1.22 bits per heavy atom. The molecule has 1 heterocycles. The van der Waals surface area contributed by atoms with Crippen LogP contribution < -0.4 is 5.32 Å². The summed E-state index contributed by atoms with van der Waals surface area (Å²) in [4.78, 5) is 2.70. The second-order valence-corrected chi connectivity index (χ2v) is 6.31. The van der Waals surface area contributed by atoms with Gasteiger partial charge in [0.25, 0.3) is 0 Å². The predicted molar refractivity (Wildman–Crippen MR) is 81.0 cm³/mol. The van der Waals surface area contributed by atoms with Crippen molar-refractivity contribution in [3.8, 4) is 0 Å². The molecule has 1 rings (SSSR count). The Hall–Kier alpha value is -0.0800. The summed E-state index contributed by atoms with van der Waals surface area (Å²) in [5, 5.41) is 3.41. The molecule has 1 aliphatic rings. The van der Waals surface area contributed by atoms with Gasteiger partial charge < -0.3 is 10.2 Å². The molecule has 1 fully saturated rings. The van der Waals surface area contributed by atoms with E-state index in [2.05, 4.69) is 38.0 Å². The van der Waals surface area contributed by atoms with E-state index in [4.69, 9.17) is 0 Å². The van der Waals surface area contributed by atoms with Gasteiger partial charge in [0.15, 0.2) is 0 Å². The van der Waals surface area contributed by atoms with Gasteiger partial charge in [0.05, 0.1) is 0 Å². The van der Waals surface area contributed by atoms with Gasteiger partial charge in [-0.25, -0.2) is 0 Å². The first kappa shape index (κ1) is 16.0. The Balaban J connectivity index is 2.19. The van der Waals surface area contributed by atoms with Crippen molar-refractivity contribution >= 4 is 0 Å². The van der Waals surface area contributed by atoms with Crippen LogP contribution in [0.2, 0.25) is 0 Å². The van der Waals surface area contributed by atoms with Crippen molar-refractivity contribution in [3.05, 3.63) is 0 Å². The average Bonchev–Trinajstić information content (AvgIpc) is 2.60. The van der Waals surface area contributed by atoms with Crippen molar-refractivity contribution in [2.24, 2.45) is 11.8 Å². The SMILES string of the molecule is CCC(CCCN1CCCC(C(C)C)CC1)NC. The van der Waals surface area contributed by atoms with Crippen LogP contribution in [0.1, 0.15) is 59.3 Å². The third-order valence-electron chi connectivity index (χ3n) is 4.74. The molecule has 2 unspecified atom stereocenters. The Morgan fingerprint density at radius 3 is 2.61 bits per heavy atom. The van der Waals surface area contributed by atoms with Gasteiger partial charge in [-0.1, -0.05) is 20.8 Å². The number of nitrogens with one attached hydrogen (secondary N) is 1. The van der Waals surface area contributed by atoms with Crippen LogP contribution in [-0.2, 0) is 0 Å². The largest absolute Gasteiger partial charge is 0.317 e. The molecule has 0 aromatic carbocycles. The Bertz CT molecular complexity index is 199. The second-order valence-electron chi connectivity index (χ2n) is 6.31. The Morgan fingerprint density at radius 2 is 2.00 bits per heavy atom. The molecule has 0 spiro atoms. The zero-order valence-corrected chi connectivity index (χ0v) is 13.0. The summed E-state index contributed by atoms with van der Waals surface area (Å²) in [6, 6.07) is 0.723. The zero-order valence-electron chi connectivity index (χ0n) is 13.0. The number of rotatable bonds is 7. The molecule has 0 aliphatic carbocycles. The van der Waals surface area contributed by atoms with E-state index in [0.717, 1.165) is 17.9 Å². The third kappa shape index (κ3) is 5.71. The minimum Gasteiger partial charge on any atom is -0.317 e. The van der Waals surface area contributed by atoms with Gasteiger partial charge in [0.1, 0.15) is 0 Å². The van der Waals surface area contributed by atoms with Gasteiger partial charge >= 0.3 is 0 Å². The standard InChI is InChI=1S/C16H34N2/c1-5-16(17-4)9-7-12-18-11-6-8-15(10-13-18)14(2)3/h14-17H,5-13H2,1-4H3. The molecular formula is C16H34N2. The summed E-state index contributed by atoms with van der Waals surface area (Å²) in [5.74, 6) is 1.84. The summed E-state index contributed by atoms with van der Waals surface area (Å²) in [7, 11) is 2.09. The molecule has 2 nitrogen and oxygen atoms in total. The highest BCUT2D eigenvalue weighted by molar-refractivity contribution is 4.73. The van der Waals surface area contributed by atoms with Gasteiger partial charge in [-0.15, -0.1) is 0 Å². The first-order valence-corrected chi connectivity index (χ1v) is 8.07. The lowest BCUT2D eigenvalue weighted by Crippen LogP contribution is -2.29. The summed E-state index contributed by atoms with van der Waals surface area (Å²) >= 11 is 0. The van der Waals surface area contributed by atoms with Gasteiger partial charge in [-0.2, -0.15) is 0 Å². The van der Waals surface area contributed by atoms with Crippen LogP contribution in [0.4, 0.5) is 0 Å². The number of nitrogens with zero attached hydrogens (tertiary/aromatic N) is 1. The van der Waals surface area contributed by atoms with E-state index in [-0.39, 0.29) is 0 Å². The monoisotopic (exact) mass is 254 g/mol. The molecule has 1 aliphatic heterocycles. The average molecular weight is 254 g/mol. The highest BCUT2D eigenvalue weighted by Gasteiger charge is 2.19. The van der Waals surface area contributed by atoms with Gasteiger partial charge in [-0.3, -0.25) is 0 Å². The molecule has 1 saturated heterocycles. The lowest BCUT2D eigenvalue weighted by Gasteiger charge is -2.22. The van der Waals surface area contributed by atoms with Crippen LogP contribution in [-0.4, -0.2) is 37.6 Å². The van der Waals surface area contributed by atoms with Crippen LogP contribution in [0.25, 0.3) is 0 Å². The Labute approximate surface area is 115 Å². The smallest absolute Gasteiger partial charge is 0.00619 e. The third-order valence-corrected chi connectivity index (χ3v) is 4.74. The molecule has 0 amide bonds. The fourth-order valence-corrected chi connectivity index (χ4v) is 3.19. The van der Waals surface area contributed by atoms with Crippen molar-refractivity contribution in [2.75, 3.05) is 26.7 Å². The lowest BCUT2D eigenvalue weighted by atomic mass is 9.89. The van der Waals surface area contributed by atoms with E-state index >= 15 is 0 Å². The van der Waals surface area contributed by atoms with Crippen LogP contribution in [0.3, 0.4) is 0 Å². The van der Waals surface area contributed by atoms with Crippen molar-refractivity contribution in [2.45, 2.75) is 65.3 Å². The Kier molecular flexibility index (Phi) is 7.92. The summed E-state index contributed by atoms with van der Waals surface area (Å²) in [6.07, 6.45) is 8.21. The van der Waals surface area contributed by atoms with Crippen LogP contribution in [0.5, 0.6) is 0 Å². The van der Waals surface area contributed by atoms with E-state index in [0.29, 0.717) is 0 Å². The van der Waals surface area contributed by atoms with Crippen molar-refractivity contribution in [3.63, 3.8) is 0 Å². The zero-order chi connectivity index (χ0) is 13.4. The quantitative estimate of drug-likeness (QED) is 0.748. The summed E-state index contributed by atoms with van der Waals surface area (Å²) < 4.78 is 0. The maximum absolute atomic E-state index is 3.41. The molecule has 108 valence electrons. The van der Waals surface area contributed by atoms with Crippen molar-refractivity contribution < 1.29 is 0 Å². The molecule has 2 atom stereocenters. The molecule has 0 saturated carbocycles. The van der Waals surface area contributed by atoms with E-state index in [1.54, 1.807) is 0 Å². The van der Waals surface area contributed by atoms with E-state index in [1.165, 1.54) is 58.2 Å². The van der Waals surface area contributed by atoms with Crippen LogP contribution >= 0.6 is 0 Å². The molecule has 0 bridgehead atoms. The molecule has 2 heteroatoms. The molecule has 0 radical (unpaired) electrons. The van der Waals surface area contributed by atoms with Crippen LogP contribution in [0.15, 0.2) is 0 Å². The number of likely N-dealkylation sites (tertiary alicyclic amines) is 1. The van der Waals surface area contributed by atoms with E-state index in [9.17, 15) is 0 Å². The van der Waals surface area contributed by atoms with Gasteiger partial charge in [0, 0.05) is 6.04 Å². The molecule has 0 aromatic heterocycles. The summed E-state index contributed by atoms with van der Waals surface area (Å²) in [5.41, 5.74) is 0. The molecule has 1 N–H and O–H groups in total. The highest BCUT2D eigenvalue weighted by atomic mass is 15.1.